The van der Waals surface area contributed by atoms with Gasteiger partial charge >= 0.3 is 0 Å². The van der Waals surface area contributed by atoms with Crippen molar-refractivity contribution in [2.75, 3.05) is 30.3 Å². The van der Waals surface area contributed by atoms with Crippen molar-refractivity contribution in [3.05, 3.63) is 54.4 Å². The molecule has 1 aromatic carbocycles. The van der Waals surface area contributed by atoms with Gasteiger partial charge in [0.25, 0.3) is 0 Å². The summed E-state index contributed by atoms with van der Waals surface area (Å²) in [7, 11) is 0. The number of rotatable bonds is 9. The first-order valence-corrected chi connectivity index (χ1v) is 12.9. The Morgan fingerprint density at radius 2 is 2.11 bits per heavy atom. The Bertz CT molecular complexity index is 1330. The van der Waals surface area contributed by atoms with Crippen LogP contribution in [0.4, 0.5) is 17.3 Å². The number of H-pyrrole nitrogens is 1. The van der Waals surface area contributed by atoms with E-state index in [1.807, 2.05) is 53.6 Å². The molecule has 5 rings (SSSR count). The number of likely N-dealkylation sites (tertiary alicyclic amines) is 1. The average Bonchev–Trinajstić information content (AvgIpc) is 3.61. The lowest BCUT2D eigenvalue weighted by molar-refractivity contribution is -0.117. The number of hydrogen-bond acceptors (Lipinski definition) is 8. The molecule has 4 heterocycles. The van der Waals surface area contributed by atoms with E-state index in [4.69, 9.17) is 4.98 Å². The summed E-state index contributed by atoms with van der Waals surface area (Å²) in [5, 5.41) is 28.3. The molecule has 1 fully saturated rings. The van der Waals surface area contributed by atoms with Crippen LogP contribution in [0.2, 0.25) is 0 Å². The Hall–Kier alpha value is -3.41. The van der Waals surface area contributed by atoms with Crippen LogP contribution in [0.1, 0.15) is 38.3 Å². The van der Waals surface area contributed by atoms with E-state index < -0.39 is 0 Å². The first-order chi connectivity index (χ1) is 17.5. The maximum Gasteiger partial charge on any atom is 0.238 e. The molecule has 1 amide bonds. The molecule has 0 spiro atoms. The molecule has 36 heavy (non-hydrogen) atoms. The SMILES string of the molecule is CC(C)c1cc(Nc2nc(Sc3ccc(NC(=O)CN4CCCC4CO)cc3)nn3cccc23)n[nH]1. The van der Waals surface area contributed by atoms with Crippen LogP contribution in [0.25, 0.3) is 5.52 Å². The van der Waals surface area contributed by atoms with Gasteiger partial charge in [-0.3, -0.25) is 14.8 Å². The molecule has 4 N–H and O–H groups in total. The number of amides is 1. The molecule has 3 aromatic heterocycles. The number of fused-ring (bicyclic) bond motifs is 1. The molecule has 10 nitrogen and oxygen atoms in total. The van der Waals surface area contributed by atoms with Crippen LogP contribution in [0.5, 0.6) is 0 Å². The van der Waals surface area contributed by atoms with Crippen LogP contribution in [0.3, 0.4) is 0 Å². The van der Waals surface area contributed by atoms with Crippen molar-refractivity contribution < 1.29 is 9.90 Å². The second-order valence-corrected chi connectivity index (χ2v) is 10.2. The lowest BCUT2D eigenvalue weighted by atomic mass is 10.1. The number of benzene rings is 1. The molecular formula is C25H30N8O2S. The van der Waals surface area contributed by atoms with E-state index in [0.717, 1.165) is 41.2 Å². The molecule has 1 unspecified atom stereocenters. The van der Waals surface area contributed by atoms with Crippen LogP contribution in [0.15, 0.2) is 58.7 Å². The van der Waals surface area contributed by atoms with Crippen molar-refractivity contribution in [1.82, 2.24) is 29.7 Å². The molecule has 1 aliphatic heterocycles. The molecule has 4 aromatic rings. The van der Waals surface area contributed by atoms with Gasteiger partial charge in [-0.25, -0.2) is 9.50 Å². The van der Waals surface area contributed by atoms with Gasteiger partial charge in [-0.2, -0.15) is 5.10 Å². The maximum absolute atomic E-state index is 12.5. The first-order valence-electron chi connectivity index (χ1n) is 12.1. The van der Waals surface area contributed by atoms with Gasteiger partial charge in [-0.15, -0.1) is 5.10 Å². The summed E-state index contributed by atoms with van der Waals surface area (Å²) in [5.41, 5.74) is 2.63. The quantitative estimate of drug-likeness (QED) is 0.270. The fourth-order valence-electron chi connectivity index (χ4n) is 4.27. The second-order valence-electron chi connectivity index (χ2n) is 9.19. The van der Waals surface area contributed by atoms with E-state index in [-0.39, 0.29) is 25.1 Å². The average molecular weight is 507 g/mol. The Morgan fingerprint density at radius 1 is 1.28 bits per heavy atom. The zero-order chi connectivity index (χ0) is 25.1. The van der Waals surface area contributed by atoms with Crippen LogP contribution in [-0.2, 0) is 4.79 Å². The molecule has 0 radical (unpaired) electrons. The lowest BCUT2D eigenvalue weighted by Gasteiger charge is -2.21. The number of nitrogens with one attached hydrogen (secondary N) is 3. The molecule has 1 saturated heterocycles. The lowest BCUT2D eigenvalue weighted by Crippen LogP contribution is -2.38. The van der Waals surface area contributed by atoms with E-state index in [0.29, 0.717) is 22.7 Å². The summed E-state index contributed by atoms with van der Waals surface area (Å²) in [6.07, 6.45) is 3.83. The number of aromatic amines is 1. The number of aliphatic hydroxyl groups excluding tert-OH is 1. The monoisotopic (exact) mass is 506 g/mol. The number of anilines is 3. The third-order valence-electron chi connectivity index (χ3n) is 6.24. The van der Waals surface area contributed by atoms with Gasteiger partial charge in [-0.05, 0) is 73.5 Å². The molecule has 0 aliphatic carbocycles. The van der Waals surface area contributed by atoms with Crippen LogP contribution < -0.4 is 10.6 Å². The summed E-state index contributed by atoms with van der Waals surface area (Å²) in [6.45, 7) is 5.44. The van der Waals surface area contributed by atoms with Gasteiger partial charge in [0, 0.05) is 34.6 Å². The Labute approximate surface area is 213 Å². The van der Waals surface area contributed by atoms with Crippen molar-refractivity contribution in [2.24, 2.45) is 0 Å². The van der Waals surface area contributed by atoms with Gasteiger partial charge in [0.2, 0.25) is 11.1 Å². The normalized spacial score (nSPS) is 16.2. The summed E-state index contributed by atoms with van der Waals surface area (Å²) < 4.78 is 1.79. The minimum Gasteiger partial charge on any atom is -0.395 e. The number of nitrogens with zero attached hydrogens (tertiary/aromatic N) is 5. The van der Waals surface area contributed by atoms with Crippen molar-refractivity contribution in [2.45, 2.75) is 48.7 Å². The summed E-state index contributed by atoms with van der Waals surface area (Å²) in [6, 6.07) is 13.6. The van der Waals surface area contributed by atoms with Gasteiger partial charge in [0.15, 0.2) is 11.6 Å². The van der Waals surface area contributed by atoms with E-state index in [2.05, 4.69) is 39.8 Å². The Balaban J connectivity index is 1.26. The molecule has 11 heteroatoms. The maximum atomic E-state index is 12.5. The number of carbonyl (C=O) groups excluding carboxylic acids is 1. The van der Waals surface area contributed by atoms with Gasteiger partial charge in [0.05, 0.1) is 13.2 Å². The first kappa shape index (κ1) is 24.3. The Morgan fingerprint density at radius 3 is 2.86 bits per heavy atom. The number of hydrogen-bond donors (Lipinski definition) is 4. The van der Waals surface area contributed by atoms with Gasteiger partial charge in [0.1, 0.15) is 5.52 Å². The number of carbonyl (C=O) groups is 1. The molecular weight excluding hydrogens is 476 g/mol. The fourth-order valence-corrected chi connectivity index (χ4v) is 5.02. The van der Waals surface area contributed by atoms with Crippen LogP contribution in [-0.4, -0.2) is 66.4 Å². The summed E-state index contributed by atoms with van der Waals surface area (Å²) >= 11 is 1.44. The molecule has 0 saturated carbocycles. The third kappa shape index (κ3) is 5.53. The fraction of sp³-hybridized carbons (Fsp3) is 0.360. The zero-order valence-electron chi connectivity index (χ0n) is 20.3. The molecule has 1 atom stereocenters. The predicted molar refractivity (Wildman–Crippen MR) is 140 cm³/mol. The highest BCUT2D eigenvalue weighted by atomic mass is 32.2. The highest BCUT2D eigenvalue weighted by Gasteiger charge is 2.25. The minimum atomic E-state index is -0.0770. The minimum absolute atomic E-state index is 0.0770. The summed E-state index contributed by atoms with van der Waals surface area (Å²) in [5.74, 6) is 1.65. The molecule has 0 bridgehead atoms. The van der Waals surface area contributed by atoms with E-state index in [9.17, 15) is 9.90 Å². The molecule has 1 aliphatic rings. The highest BCUT2D eigenvalue weighted by Crippen LogP contribution is 2.29. The second kappa shape index (κ2) is 10.7. The van der Waals surface area contributed by atoms with Crippen LogP contribution in [0, 0.1) is 0 Å². The van der Waals surface area contributed by atoms with Crippen LogP contribution >= 0.6 is 11.8 Å². The van der Waals surface area contributed by atoms with Crippen molar-refractivity contribution in [3.8, 4) is 0 Å². The zero-order valence-corrected chi connectivity index (χ0v) is 21.1. The van der Waals surface area contributed by atoms with Gasteiger partial charge < -0.3 is 15.7 Å². The number of aromatic nitrogens is 5. The summed E-state index contributed by atoms with van der Waals surface area (Å²) in [4.78, 5) is 20.2. The predicted octanol–water partition coefficient (Wildman–Crippen LogP) is 3.87. The largest absolute Gasteiger partial charge is 0.395 e. The Kier molecular flexibility index (Phi) is 7.21. The van der Waals surface area contributed by atoms with Gasteiger partial charge in [-0.1, -0.05) is 13.8 Å². The standard InChI is InChI=1S/C25H30N8O2S/c1-16(2)20-13-22(30-29-20)27-24-21-6-4-12-33(21)31-25(28-24)36-19-9-7-17(8-10-19)26-23(35)14-32-11-3-5-18(32)15-34/h4,6-10,12-13,16,18,34H,3,5,11,14-15H2,1-2H3,(H,26,35)(H2,27,28,29,30,31). The molecule has 188 valence electrons. The third-order valence-corrected chi connectivity index (χ3v) is 7.10. The van der Waals surface area contributed by atoms with E-state index >= 15 is 0 Å². The van der Waals surface area contributed by atoms with Crippen molar-refractivity contribution in [3.63, 3.8) is 0 Å². The smallest absolute Gasteiger partial charge is 0.238 e. The topological polar surface area (TPSA) is 123 Å². The van der Waals surface area contributed by atoms with E-state index in [1.54, 1.807) is 4.52 Å². The highest BCUT2D eigenvalue weighted by molar-refractivity contribution is 7.99. The van der Waals surface area contributed by atoms with E-state index in [1.165, 1.54) is 11.8 Å². The van der Waals surface area contributed by atoms with Crippen molar-refractivity contribution >= 4 is 40.5 Å². The van der Waals surface area contributed by atoms with Crippen molar-refractivity contribution in [1.29, 1.82) is 0 Å². The number of aliphatic hydroxyl groups is 1.